The Morgan fingerprint density at radius 3 is 3.06 bits per heavy atom. The van der Waals surface area contributed by atoms with Crippen LogP contribution in [0.5, 0.6) is 11.5 Å². The topological polar surface area (TPSA) is 67.8 Å². The number of benzene rings is 1. The molecule has 0 bridgehead atoms. The maximum atomic E-state index is 11.0. The van der Waals surface area contributed by atoms with Crippen LogP contribution in [0.25, 0.3) is 0 Å². The molecule has 17 heavy (non-hydrogen) atoms. The van der Waals surface area contributed by atoms with E-state index < -0.39 is 12.0 Å². The molecular formula is C11H10BrNO4. The van der Waals surface area contributed by atoms with Gasteiger partial charge in [-0.15, -0.1) is 0 Å². The Morgan fingerprint density at radius 2 is 2.29 bits per heavy atom. The van der Waals surface area contributed by atoms with Gasteiger partial charge in [-0.1, -0.05) is 15.9 Å². The second-order valence-electron chi connectivity index (χ2n) is 4.03. The van der Waals surface area contributed by atoms with Crippen molar-refractivity contribution in [3.05, 3.63) is 21.7 Å². The second kappa shape index (κ2) is 3.89. The van der Waals surface area contributed by atoms with Crippen LogP contribution in [0, 0.1) is 0 Å². The normalized spacial score (nSPS) is 21.1. The lowest BCUT2D eigenvalue weighted by molar-refractivity contribution is -0.139. The fraction of sp³-hybridized carbons (Fsp3) is 0.364. The Morgan fingerprint density at radius 1 is 1.47 bits per heavy atom. The van der Waals surface area contributed by atoms with E-state index >= 15 is 0 Å². The van der Waals surface area contributed by atoms with E-state index in [0.29, 0.717) is 18.7 Å². The first kappa shape index (κ1) is 10.9. The molecule has 1 aromatic carbocycles. The summed E-state index contributed by atoms with van der Waals surface area (Å²) in [6.07, 6.45) is 0.446. The van der Waals surface area contributed by atoms with E-state index in [9.17, 15) is 4.79 Å². The Kier molecular flexibility index (Phi) is 2.48. The smallest absolute Gasteiger partial charge is 0.321 e. The predicted octanol–water partition coefficient (Wildman–Crippen LogP) is 1.28. The largest absolute Gasteiger partial charge is 0.480 e. The number of rotatable bonds is 1. The molecule has 5 nitrogen and oxygen atoms in total. The molecule has 0 amide bonds. The molecule has 0 saturated carbocycles. The highest BCUT2D eigenvalue weighted by Crippen LogP contribution is 2.42. The van der Waals surface area contributed by atoms with E-state index in [-0.39, 0.29) is 6.79 Å². The number of aliphatic carboxylic acids is 1. The van der Waals surface area contributed by atoms with Gasteiger partial charge in [0.2, 0.25) is 6.79 Å². The van der Waals surface area contributed by atoms with Crippen LogP contribution < -0.4 is 14.8 Å². The number of carboxylic acids is 1. The lowest BCUT2D eigenvalue weighted by atomic mass is 9.95. The highest BCUT2D eigenvalue weighted by Gasteiger charge is 2.30. The van der Waals surface area contributed by atoms with Crippen LogP contribution in [0.3, 0.4) is 0 Å². The lowest BCUT2D eigenvalue weighted by Crippen LogP contribution is -2.41. The van der Waals surface area contributed by atoms with Crippen LogP contribution in [0.4, 0.5) is 0 Å². The zero-order valence-electron chi connectivity index (χ0n) is 8.83. The third-order valence-corrected chi connectivity index (χ3v) is 3.77. The summed E-state index contributed by atoms with van der Waals surface area (Å²) in [5.74, 6) is 0.617. The Balaban J connectivity index is 2.06. The van der Waals surface area contributed by atoms with Gasteiger partial charge >= 0.3 is 5.97 Å². The highest BCUT2D eigenvalue weighted by molar-refractivity contribution is 9.10. The Bertz CT molecular complexity index is 503. The molecule has 0 fully saturated rings. The third-order valence-electron chi connectivity index (χ3n) is 3.06. The Labute approximate surface area is 106 Å². The molecule has 0 spiro atoms. The van der Waals surface area contributed by atoms with Crippen LogP contribution in [-0.4, -0.2) is 23.9 Å². The zero-order chi connectivity index (χ0) is 12.0. The van der Waals surface area contributed by atoms with Gasteiger partial charge in [0.1, 0.15) is 6.04 Å². The van der Waals surface area contributed by atoms with E-state index in [0.717, 1.165) is 21.3 Å². The summed E-state index contributed by atoms with van der Waals surface area (Å²) < 4.78 is 11.6. The molecule has 0 aliphatic carbocycles. The van der Waals surface area contributed by atoms with Crippen LogP contribution in [0.1, 0.15) is 11.1 Å². The van der Waals surface area contributed by atoms with Crippen molar-refractivity contribution >= 4 is 21.9 Å². The van der Waals surface area contributed by atoms with Gasteiger partial charge in [0, 0.05) is 23.0 Å². The van der Waals surface area contributed by atoms with E-state index in [1.807, 2.05) is 6.07 Å². The second-order valence-corrected chi connectivity index (χ2v) is 4.88. The summed E-state index contributed by atoms with van der Waals surface area (Å²) in [4.78, 5) is 11.0. The zero-order valence-corrected chi connectivity index (χ0v) is 10.4. The van der Waals surface area contributed by atoms with Crippen LogP contribution >= 0.6 is 15.9 Å². The number of carbonyl (C=O) groups is 1. The molecule has 90 valence electrons. The van der Waals surface area contributed by atoms with Crippen molar-refractivity contribution < 1.29 is 19.4 Å². The van der Waals surface area contributed by atoms with Gasteiger partial charge in [-0.25, -0.2) is 0 Å². The minimum Gasteiger partial charge on any atom is -0.480 e. The number of halogens is 1. The minimum atomic E-state index is -0.833. The molecule has 0 aromatic heterocycles. The van der Waals surface area contributed by atoms with Gasteiger partial charge in [0.15, 0.2) is 11.5 Å². The molecule has 2 heterocycles. The summed E-state index contributed by atoms with van der Waals surface area (Å²) in [5, 5.41) is 12.0. The average molecular weight is 300 g/mol. The summed E-state index contributed by atoms with van der Waals surface area (Å²) in [7, 11) is 0. The van der Waals surface area contributed by atoms with Crippen molar-refractivity contribution in [3.63, 3.8) is 0 Å². The first-order valence-corrected chi connectivity index (χ1v) is 6.02. The molecule has 0 radical (unpaired) electrons. The summed E-state index contributed by atoms with van der Waals surface area (Å²) in [6, 6.07) is 1.30. The molecule has 3 rings (SSSR count). The van der Waals surface area contributed by atoms with Crippen molar-refractivity contribution in [2.75, 3.05) is 6.79 Å². The molecule has 1 unspecified atom stereocenters. The number of ether oxygens (including phenoxy) is 2. The minimum absolute atomic E-state index is 0.223. The fourth-order valence-corrected chi connectivity index (χ4v) is 2.81. The number of hydrogen-bond donors (Lipinski definition) is 2. The first-order valence-electron chi connectivity index (χ1n) is 5.23. The first-order chi connectivity index (χ1) is 8.16. The molecule has 2 N–H and O–H groups in total. The molecule has 1 aromatic rings. The van der Waals surface area contributed by atoms with Crippen LogP contribution in [0.15, 0.2) is 10.5 Å². The molecule has 1 atom stereocenters. The predicted molar refractivity (Wildman–Crippen MR) is 62.2 cm³/mol. The van der Waals surface area contributed by atoms with Gasteiger partial charge in [-0.2, -0.15) is 0 Å². The monoisotopic (exact) mass is 299 g/mol. The maximum absolute atomic E-state index is 11.0. The number of hydrogen-bond acceptors (Lipinski definition) is 4. The molecular weight excluding hydrogens is 290 g/mol. The molecule has 0 saturated heterocycles. The standard InChI is InChI=1S/C11H10BrNO4/c12-7-2-9-10(17-4-16-9)6-3-13-8(11(14)15)1-5(6)7/h2,8,13H,1,3-4H2,(H,14,15). The fourth-order valence-electron chi connectivity index (χ4n) is 2.20. The number of carboxylic acid groups (broad SMARTS) is 1. The van der Waals surface area contributed by atoms with E-state index in [1.54, 1.807) is 0 Å². The van der Waals surface area contributed by atoms with Gasteiger partial charge in [-0.05, 0) is 11.6 Å². The van der Waals surface area contributed by atoms with Crippen molar-refractivity contribution in [2.45, 2.75) is 19.0 Å². The van der Waals surface area contributed by atoms with Gasteiger partial charge in [0.05, 0.1) is 0 Å². The van der Waals surface area contributed by atoms with Crippen molar-refractivity contribution in [1.29, 1.82) is 0 Å². The van der Waals surface area contributed by atoms with Crippen molar-refractivity contribution in [1.82, 2.24) is 5.32 Å². The number of fused-ring (bicyclic) bond motifs is 3. The summed E-state index contributed by atoms with van der Waals surface area (Å²) in [5.41, 5.74) is 1.98. The van der Waals surface area contributed by atoms with E-state index in [4.69, 9.17) is 14.6 Å². The van der Waals surface area contributed by atoms with E-state index in [2.05, 4.69) is 21.2 Å². The SMILES string of the molecule is O=C(O)C1Cc2c(Br)cc3c(c2CN1)OCO3. The highest BCUT2D eigenvalue weighted by atomic mass is 79.9. The molecule has 2 aliphatic rings. The Hall–Kier alpha value is -1.27. The summed E-state index contributed by atoms with van der Waals surface area (Å²) >= 11 is 3.46. The third kappa shape index (κ3) is 1.68. The quantitative estimate of drug-likeness (QED) is 0.817. The van der Waals surface area contributed by atoms with Crippen molar-refractivity contribution in [2.24, 2.45) is 0 Å². The lowest BCUT2D eigenvalue weighted by Gasteiger charge is -2.25. The molecule has 2 aliphatic heterocycles. The van der Waals surface area contributed by atoms with Crippen molar-refractivity contribution in [3.8, 4) is 11.5 Å². The van der Waals surface area contributed by atoms with Gasteiger partial charge < -0.3 is 14.6 Å². The van der Waals surface area contributed by atoms with Crippen LogP contribution in [-0.2, 0) is 17.8 Å². The number of nitrogens with one attached hydrogen (secondary N) is 1. The summed E-state index contributed by atoms with van der Waals surface area (Å²) in [6.45, 7) is 0.706. The van der Waals surface area contributed by atoms with Crippen LogP contribution in [0.2, 0.25) is 0 Å². The molecule has 6 heteroatoms. The van der Waals surface area contributed by atoms with Gasteiger partial charge in [-0.3, -0.25) is 10.1 Å². The maximum Gasteiger partial charge on any atom is 0.321 e. The van der Waals surface area contributed by atoms with Gasteiger partial charge in [0.25, 0.3) is 0 Å². The van der Waals surface area contributed by atoms with E-state index in [1.165, 1.54) is 0 Å². The average Bonchev–Trinajstić information content (AvgIpc) is 2.76.